The smallest absolute Gasteiger partial charge is 0.275 e. The summed E-state index contributed by atoms with van der Waals surface area (Å²) in [6, 6.07) is 7.55. The molecule has 2 aromatic rings. The van der Waals surface area contributed by atoms with E-state index in [4.69, 9.17) is 10.6 Å². The molecule has 7 nitrogen and oxygen atoms in total. The maximum atomic E-state index is 10.7. The summed E-state index contributed by atoms with van der Waals surface area (Å²) >= 11 is 0. The number of nitrogens with zero attached hydrogens (tertiary/aromatic N) is 3. The molecule has 0 aliphatic heterocycles. The van der Waals surface area contributed by atoms with Crippen molar-refractivity contribution in [3.63, 3.8) is 0 Å². The van der Waals surface area contributed by atoms with Gasteiger partial charge in [-0.15, -0.1) is 0 Å². The molecule has 0 fully saturated rings. The van der Waals surface area contributed by atoms with Crippen LogP contribution >= 0.6 is 0 Å². The summed E-state index contributed by atoms with van der Waals surface area (Å²) < 4.78 is 0. The van der Waals surface area contributed by atoms with E-state index in [0.717, 1.165) is 5.56 Å². The first kappa shape index (κ1) is 13.5. The quantitative estimate of drug-likeness (QED) is 0.398. The maximum Gasteiger partial charge on any atom is 0.275 e. The number of nitro groups is 1. The highest BCUT2D eigenvalue weighted by atomic mass is 16.6. The van der Waals surface area contributed by atoms with Crippen LogP contribution in [0, 0.1) is 10.1 Å². The van der Waals surface area contributed by atoms with Gasteiger partial charge in [0.1, 0.15) is 0 Å². The van der Waals surface area contributed by atoms with E-state index in [1.54, 1.807) is 31.5 Å². The Bertz CT molecular complexity index is 656. The standard InChI is InChI=1S/C13H12N4O3/c1-9(10-2-4-15-5-3-10)16-20-13-7-11(14)6-12(8-13)17(18)19/h2-8H,14H2,1H3/b16-9-. The Morgan fingerprint density at radius 3 is 2.70 bits per heavy atom. The lowest BCUT2D eigenvalue weighted by Gasteiger charge is -2.03. The van der Waals surface area contributed by atoms with Gasteiger partial charge in [0.05, 0.1) is 16.7 Å². The van der Waals surface area contributed by atoms with Crippen molar-refractivity contribution in [3.8, 4) is 5.75 Å². The summed E-state index contributed by atoms with van der Waals surface area (Å²) in [6.07, 6.45) is 3.28. The Morgan fingerprint density at radius 2 is 2.05 bits per heavy atom. The Morgan fingerprint density at radius 1 is 1.35 bits per heavy atom. The van der Waals surface area contributed by atoms with Gasteiger partial charge in [-0.2, -0.15) is 0 Å². The predicted molar refractivity (Wildman–Crippen MR) is 74.6 cm³/mol. The second-order valence-corrected chi connectivity index (χ2v) is 4.02. The minimum absolute atomic E-state index is 0.142. The molecule has 20 heavy (non-hydrogen) atoms. The summed E-state index contributed by atoms with van der Waals surface area (Å²) in [6.45, 7) is 1.76. The van der Waals surface area contributed by atoms with Gasteiger partial charge in [-0.25, -0.2) is 0 Å². The predicted octanol–water partition coefficient (Wildman–Crippen LogP) is 2.38. The fourth-order valence-electron chi connectivity index (χ4n) is 1.53. The molecule has 7 heteroatoms. The summed E-state index contributed by atoms with van der Waals surface area (Å²) in [5, 5.41) is 14.6. The van der Waals surface area contributed by atoms with E-state index in [1.807, 2.05) is 0 Å². The van der Waals surface area contributed by atoms with Gasteiger partial charge in [-0.1, -0.05) is 5.16 Å². The number of nitro benzene ring substituents is 1. The van der Waals surface area contributed by atoms with Crippen molar-refractivity contribution in [2.24, 2.45) is 5.16 Å². The third-order valence-electron chi connectivity index (χ3n) is 2.51. The number of rotatable bonds is 4. The molecule has 102 valence electrons. The van der Waals surface area contributed by atoms with Crippen LogP contribution in [0.2, 0.25) is 0 Å². The first-order valence-electron chi connectivity index (χ1n) is 5.73. The SMILES string of the molecule is C/C(=N/Oc1cc(N)cc([N+](=O)[O-])c1)c1ccncc1. The molecule has 0 atom stereocenters. The van der Waals surface area contributed by atoms with Crippen molar-refractivity contribution < 1.29 is 9.76 Å². The highest BCUT2D eigenvalue weighted by Gasteiger charge is 2.09. The van der Waals surface area contributed by atoms with Crippen LogP contribution in [0.1, 0.15) is 12.5 Å². The number of anilines is 1. The molecule has 0 spiro atoms. The number of hydrogen-bond acceptors (Lipinski definition) is 6. The fourth-order valence-corrected chi connectivity index (χ4v) is 1.53. The van der Waals surface area contributed by atoms with Crippen LogP contribution in [0.5, 0.6) is 5.75 Å². The third kappa shape index (κ3) is 3.29. The molecule has 0 saturated carbocycles. The monoisotopic (exact) mass is 272 g/mol. The molecule has 0 aliphatic carbocycles. The topological polar surface area (TPSA) is 104 Å². The van der Waals surface area contributed by atoms with Gasteiger partial charge in [0.2, 0.25) is 0 Å². The number of benzene rings is 1. The molecule has 1 aromatic carbocycles. The lowest BCUT2D eigenvalue weighted by molar-refractivity contribution is -0.384. The maximum absolute atomic E-state index is 10.7. The molecule has 0 bridgehead atoms. The van der Waals surface area contributed by atoms with Crippen LogP contribution in [-0.2, 0) is 0 Å². The van der Waals surface area contributed by atoms with Gasteiger partial charge in [0, 0.05) is 35.8 Å². The molecule has 0 aliphatic rings. The van der Waals surface area contributed by atoms with E-state index in [9.17, 15) is 10.1 Å². The molecule has 0 radical (unpaired) electrons. The lowest BCUT2D eigenvalue weighted by Crippen LogP contribution is -1.99. The average Bonchev–Trinajstić information content (AvgIpc) is 2.45. The number of pyridine rings is 1. The Labute approximate surface area is 114 Å². The zero-order valence-corrected chi connectivity index (χ0v) is 10.7. The number of non-ortho nitro benzene ring substituents is 1. The van der Waals surface area contributed by atoms with Gasteiger partial charge in [-0.05, 0) is 19.1 Å². The second kappa shape index (κ2) is 5.79. The number of nitrogens with two attached hydrogens (primary N) is 1. The van der Waals surface area contributed by atoms with E-state index >= 15 is 0 Å². The molecule has 1 heterocycles. The van der Waals surface area contributed by atoms with E-state index in [1.165, 1.54) is 18.2 Å². The van der Waals surface area contributed by atoms with Crippen LogP contribution in [0.3, 0.4) is 0 Å². The third-order valence-corrected chi connectivity index (χ3v) is 2.51. The molecule has 0 saturated heterocycles. The molecular weight excluding hydrogens is 260 g/mol. The van der Waals surface area contributed by atoms with E-state index in [2.05, 4.69) is 10.1 Å². The second-order valence-electron chi connectivity index (χ2n) is 4.02. The average molecular weight is 272 g/mol. The van der Waals surface area contributed by atoms with E-state index < -0.39 is 4.92 Å². The Balaban J connectivity index is 2.20. The van der Waals surface area contributed by atoms with Gasteiger partial charge in [-0.3, -0.25) is 15.1 Å². The van der Waals surface area contributed by atoms with Crippen LogP contribution in [0.25, 0.3) is 0 Å². The van der Waals surface area contributed by atoms with E-state index in [0.29, 0.717) is 5.71 Å². The minimum Gasteiger partial charge on any atom is -0.398 e. The summed E-state index contributed by atoms with van der Waals surface area (Å²) in [4.78, 5) is 19.3. The summed E-state index contributed by atoms with van der Waals surface area (Å²) in [5.41, 5.74) is 7.14. The van der Waals surface area contributed by atoms with Gasteiger partial charge in [0.15, 0.2) is 5.75 Å². The fraction of sp³-hybridized carbons (Fsp3) is 0.0769. The molecular formula is C13H12N4O3. The summed E-state index contributed by atoms with van der Waals surface area (Å²) in [7, 11) is 0. The van der Waals surface area contributed by atoms with Crippen molar-refractivity contribution >= 4 is 17.1 Å². The largest absolute Gasteiger partial charge is 0.398 e. The molecule has 1 aromatic heterocycles. The van der Waals surface area contributed by atoms with Crippen LogP contribution in [0.4, 0.5) is 11.4 Å². The number of hydrogen-bond donors (Lipinski definition) is 1. The Hall–Kier alpha value is -2.96. The molecule has 2 N–H and O–H groups in total. The van der Waals surface area contributed by atoms with Crippen molar-refractivity contribution in [1.29, 1.82) is 0 Å². The van der Waals surface area contributed by atoms with Crippen LogP contribution < -0.4 is 10.6 Å². The van der Waals surface area contributed by atoms with Crippen molar-refractivity contribution in [2.75, 3.05) is 5.73 Å². The molecule has 0 amide bonds. The Kier molecular flexibility index (Phi) is 3.90. The molecule has 2 rings (SSSR count). The van der Waals surface area contributed by atoms with Crippen molar-refractivity contribution in [3.05, 3.63) is 58.4 Å². The van der Waals surface area contributed by atoms with Crippen molar-refractivity contribution in [1.82, 2.24) is 4.98 Å². The van der Waals surface area contributed by atoms with E-state index in [-0.39, 0.29) is 17.1 Å². The first-order chi connectivity index (χ1) is 9.56. The van der Waals surface area contributed by atoms with Crippen LogP contribution in [0.15, 0.2) is 47.9 Å². The zero-order chi connectivity index (χ0) is 14.5. The lowest BCUT2D eigenvalue weighted by atomic mass is 10.2. The van der Waals surface area contributed by atoms with Crippen LogP contribution in [-0.4, -0.2) is 15.6 Å². The normalized spacial score (nSPS) is 11.2. The summed E-state index contributed by atoms with van der Waals surface area (Å²) in [5.74, 6) is 0.213. The minimum atomic E-state index is -0.539. The first-order valence-corrected chi connectivity index (χ1v) is 5.73. The molecule has 0 unspecified atom stereocenters. The number of aromatic nitrogens is 1. The number of oxime groups is 1. The highest BCUT2D eigenvalue weighted by Crippen LogP contribution is 2.24. The van der Waals surface area contributed by atoms with Crippen molar-refractivity contribution in [2.45, 2.75) is 6.92 Å². The van der Waals surface area contributed by atoms with Gasteiger partial charge < -0.3 is 10.6 Å². The van der Waals surface area contributed by atoms with Gasteiger partial charge >= 0.3 is 0 Å². The van der Waals surface area contributed by atoms with Gasteiger partial charge in [0.25, 0.3) is 5.69 Å². The number of nitrogen functional groups attached to an aromatic ring is 1. The highest BCUT2D eigenvalue weighted by molar-refractivity contribution is 5.98. The zero-order valence-electron chi connectivity index (χ0n) is 10.7.